The molecule has 9 heavy (non-hydrogen) atoms. The van der Waals surface area contributed by atoms with E-state index >= 15 is 0 Å². The van der Waals surface area contributed by atoms with Gasteiger partial charge >= 0.3 is 0 Å². The van der Waals surface area contributed by atoms with E-state index in [0.717, 1.165) is 12.3 Å². The van der Waals surface area contributed by atoms with E-state index in [1.807, 2.05) is 0 Å². The van der Waals surface area contributed by atoms with Crippen molar-refractivity contribution < 1.29 is 0 Å². The van der Waals surface area contributed by atoms with E-state index in [1.54, 1.807) is 0 Å². The van der Waals surface area contributed by atoms with E-state index in [1.165, 1.54) is 25.5 Å². The molecule has 0 saturated heterocycles. The number of rotatable bonds is 2. The SMILES string of the molecule is N=CCC1CC=CCC1. The van der Waals surface area contributed by atoms with Gasteiger partial charge in [-0.05, 0) is 37.8 Å². The third kappa shape index (κ3) is 2.00. The van der Waals surface area contributed by atoms with E-state index in [-0.39, 0.29) is 0 Å². The van der Waals surface area contributed by atoms with Crippen molar-refractivity contribution in [2.24, 2.45) is 5.92 Å². The van der Waals surface area contributed by atoms with Gasteiger partial charge in [-0.15, -0.1) is 0 Å². The van der Waals surface area contributed by atoms with Crippen LogP contribution < -0.4 is 0 Å². The number of nitrogens with one attached hydrogen (secondary N) is 1. The van der Waals surface area contributed by atoms with Crippen LogP contribution in [0.25, 0.3) is 0 Å². The molecule has 0 fully saturated rings. The van der Waals surface area contributed by atoms with Gasteiger partial charge in [0.2, 0.25) is 0 Å². The molecule has 1 heteroatoms. The first-order valence-corrected chi connectivity index (χ1v) is 3.57. The molecule has 0 aromatic heterocycles. The van der Waals surface area contributed by atoms with Crippen molar-refractivity contribution in [3.05, 3.63) is 12.2 Å². The lowest BCUT2D eigenvalue weighted by Gasteiger charge is -2.13. The zero-order valence-electron chi connectivity index (χ0n) is 5.64. The van der Waals surface area contributed by atoms with Crippen LogP contribution in [-0.4, -0.2) is 6.21 Å². The van der Waals surface area contributed by atoms with Crippen molar-refractivity contribution in [1.29, 1.82) is 5.41 Å². The van der Waals surface area contributed by atoms with Crippen LogP contribution in [0.2, 0.25) is 0 Å². The highest BCUT2D eigenvalue weighted by atomic mass is 14.3. The molecule has 1 unspecified atom stereocenters. The predicted octanol–water partition coefficient (Wildman–Crippen LogP) is 2.38. The first-order valence-electron chi connectivity index (χ1n) is 3.57. The molecule has 1 N–H and O–H groups in total. The molecule has 1 nitrogen and oxygen atoms in total. The van der Waals surface area contributed by atoms with Gasteiger partial charge in [-0.2, -0.15) is 0 Å². The van der Waals surface area contributed by atoms with Gasteiger partial charge in [0.15, 0.2) is 0 Å². The van der Waals surface area contributed by atoms with Gasteiger partial charge in [0.1, 0.15) is 0 Å². The van der Waals surface area contributed by atoms with Gasteiger partial charge in [-0.25, -0.2) is 0 Å². The lowest BCUT2D eigenvalue weighted by molar-refractivity contribution is 0.500. The molecule has 0 radical (unpaired) electrons. The van der Waals surface area contributed by atoms with Crippen LogP contribution >= 0.6 is 0 Å². The topological polar surface area (TPSA) is 23.9 Å². The summed E-state index contributed by atoms with van der Waals surface area (Å²) in [6, 6.07) is 0. The fourth-order valence-electron chi connectivity index (χ4n) is 1.24. The summed E-state index contributed by atoms with van der Waals surface area (Å²) in [5.74, 6) is 0.771. The molecule has 0 bridgehead atoms. The van der Waals surface area contributed by atoms with Gasteiger partial charge < -0.3 is 5.41 Å². The van der Waals surface area contributed by atoms with Crippen LogP contribution in [0, 0.1) is 11.3 Å². The summed E-state index contributed by atoms with van der Waals surface area (Å²) in [5, 5.41) is 6.89. The maximum Gasteiger partial charge on any atom is -0.00449 e. The van der Waals surface area contributed by atoms with Crippen LogP contribution in [0.1, 0.15) is 25.7 Å². The quantitative estimate of drug-likeness (QED) is 0.430. The second kappa shape index (κ2) is 3.44. The molecular weight excluding hydrogens is 110 g/mol. The lowest BCUT2D eigenvalue weighted by Crippen LogP contribution is -2.01. The second-order valence-corrected chi connectivity index (χ2v) is 2.59. The summed E-state index contributed by atoms with van der Waals surface area (Å²) in [6.07, 6.45) is 10.7. The standard InChI is InChI=1S/C8H13N/c9-7-6-8-4-2-1-3-5-8/h1-2,7-9H,3-6H2. The Morgan fingerprint density at radius 1 is 1.56 bits per heavy atom. The third-order valence-electron chi connectivity index (χ3n) is 1.83. The van der Waals surface area contributed by atoms with Crippen LogP contribution in [0.15, 0.2) is 12.2 Å². The van der Waals surface area contributed by atoms with Gasteiger partial charge in [-0.3, -0.25) is 0 Å². The molecule has 50 valence electrons. The molecule has 0 aromatic rings. The molecule has 0 aliphatic heterocycles. The smallest absolute Gasteiger partial charge is 0.00449 e. The van der Waals surface area contributed by atoms with Gasteiger partial charge in [-0.1, -0.05) is 12.2 Å². The molecule has 1 atom stereocenters. The molecule has 1 aliphatic rings. The number of hydrogen-bond acceptors (Lipinski definition) is 1. The highest BCUT2D eigenvalue weighted by molar-refractivity contribution is 5.53. The Labute approximate surface area is 56.3 Å². The van der Waals surface area contributed by atoms with Crippen molar-refractivity contribution >= 4 is 6.21 Å². The highest BCUT2D eigenvalue weighted by Gasteiger charge is 2.06. The van der Waals surface area contributed by atoms with Crippen molar-refractivity contribution in [1.82, 2.24) is 0 Å². The molecule has 1 aliphatic carbocycles. The van der Waals surface area contributed by atoms with Crippen molar-refractivity contribution in [3.63, 3.8) is 0 Å². The van der Waals surface area contributed by atoms with Crippen LogP contribution in [0.4, 0.5) is 0 Å². The molecule has 1 rings (SSSR count). The summed E-state index contributed by atoms with van der Waals surface area (Å²) in [4.78, 5) is 0. The third-order valence-corrected chi connectivity index (χ3v) is 1.83. The Kier molecular flexibility index (Phi) is 2.49. The Hall–Kier alpha value is -0.590. The minimum absolute atomic E-state index is 0.771. The van der Waals surface area contributed by atoms with E-state index in [0.29, 0.717) is 0 Å². The summed E-state index contributed by atoms with van der Waals surface area (Å²) in [7, 11) is 0. The van der Waals surface area contributed by atoms with Gasteiger partial charge in [0.05, 0.1) is 0 Å². The maximum absolute atomic E-state index is 6.89. The molecule has 0 amide bonds. The van der Waals surface area contributed by atoms with E-state index in [2.05, 4.69) is 12.2 Å². The Morgan fingerprint density at radius 3 is 3.00 bits per heavy atom. The normalized spacial score (nSPS) is 26.0. The fraction of sp³-hybridized carbons (Fsp3) is 0.625. The Balaban J connectivity index is 2.26. The average molecular weight is 123 g/mol. The zero-order chi connectivity index (χ0) is 6.53. The molecule has 0 spiro atoms. The van der Waals surface area contributed by atoms with E-state index in [9.17, 15) is 0 Å². The van der Waals surface area contributed by atoms with E-state index < -0.39 is 0 Å². The van der Waals surface area contributed by atoms with Crippen LogP contribution in [0.5, 0.6) is 0 Å². The average Bonchev–Trinajstić information content (AvgIpc) is 1.91. The summed E-state index contributed by atoms with van der Waals surface area (Å²) in [5.41, 5.74) is 0. The monoisotopic (exact) mass is 123 g/mol. The van der Waals surface area contributed by atoms with Crippen molar-refractivity contribution in [2.75, 3.05) is 0 Å². The Morgan fingerprint density at radius 2 is 2.44 bits per heavy atom. The maximum atomic E-state index is 6.89. The molecular formula is C8H13N. The first-order chi connectivity index (χ1) is 4.43. The highest BCUT2D eigenvalue weighted by Crippen LogP contribution is 2.19. The molecule has 0 heterocycles. The van der Waals surface area contributed by atoms with E-state index in [4.69, 9.17) is 5.41 Å². The summed E-state index contributed by atoms with van der Waals surface area (Å²) >= 11 is 0. The second-order valence-electron chi connectivity index (χ2n) is 2.59. The first kappa shape index (κ1) is 6.53. The molecule has 0 aromatic carbocycles. The number of hydrogen-bond donors (Lipinski definition) is 1. The lowest BCUT2D eigenvalue weighted by atomic mass is 9.92. The van der Waals surface area contributed by atoms with Crippen molar-refractivity contribution in [3.8, 4) is 0 Å². The van der Waals surface area contributed by atoms with Gasteiger partial charge in [0.25, 0.3) is 0 Å². The Bertz CT molecular complexity index is 116. The largest absolute Gasteiger partial charge is 0.313 e. The van der Waals surface area contributed by atoms with Crippen LogP contribution in [0.3, 0.4) is 0 Å². The fourth-order valence-corrected chi connectivity index (χ4v) is 1.24. The molecule has 0 saturated carbocycles. The van der Waals surface area contributed by atoms with Crippen molar-refractivity contribution in [2.45, 2.75) is 25.7 Å². The predicted molar refractivity (Wildman–Crippen MR) is 39.9 cm³/mol. The summed E-state index contributed by atoms with van der Waals surface area (Å²) in [6.45, 7) is 0. The number of allylic oxidation sites excluding steroid dienone is 2. The summed E-state index contributed by atoms with van der Waals surface area (Å²) < 4.78 is 0. The zero-order valence-corrected chi connectivity index (χ0v) is 5.64. The minimum atomic E-state index is 0.771. The minimum Gasteiger partial charge on any atom is -0.313 e. The van der Waals surface area contributed by atoms with Gasteiger partial charge in [0, 0.05) is 0 Å². The van der Waals surface area contributed by atoms with Crippen LogP contribution in [-0.2, 0) is 0 Å².